The maximum atomic E-state index is 5.93. The first kappa shape index (κ1) is 13.2. The maximum Gasteiger partial charge on any atom is 0.101 e. The zero-order valence-electron chi connectivity index (χ0n) is 10.7. The number of hydrogen-bond donors (Lipinski definition) is 1. The highest BCUT2D eigenvalue weighted by Gasteiger charge is 2.15. The summed E-state index contributed by atoms with van der Waals surface area (Å²) in [6.07, 6.45) is 2.91. The largest absolute Gasteiger partial charge is 0.469 e. The van der Waals surface area contributed by atoms with Crippen molar-refractivity contribution < 1.29 is 4.42 Å². The molecule has 1 aromatic heterocycles. The molecular weight excluding hydrogens is 246 g/mol. The van der Waals surface area contributed by atoms with Crippen molar-refractivity contribution in [1.82, 2.24) is 5.32 Å². The van der Waals surface area contributed by atoms with E-state index in [1.54, 1.807) is 0 Å². The van der Waals surface area contributed by atoms with Gasteiger partial charge in [0.05, 0.1) is 12.3 Å². The van der Waals surface area contributed by atoms with E-state index in [2.05, 4.69) is 30.4 Å². The minimum Gasteiger partial charge on any atom is -0.469 e. The summed E-state index contributed by atoms with van der Waals surface area (Å²) >= 11 is 5.93. The Labute approximate surface area is 113 Å². The van der Waals surface area contributed by atoms with Crippen molar-refractivity contribution in [3.8, 4) is 0 Å². The first-order valence-corrected chi connectivity index (χ1v) is 6.62. The van der Waals surface area contributed by atoms with Gasteiger partial charge in [0, 0.05) is 10.6 Å². The Morgan fingerprint density at radius 2 is 1.94 bits per heavy atom. The highest BCUT2D eigenvalue weighted by Crippen LogP contribution is 2.25. The van der Waals surface area contributed by atoms with Crippen LogP contribution in [-0.2, 0) is 0 Å². The summed E-state index contributed by atoms with van der Waals surface area (Å²) in [7, 11) is 0. The Morgan fingerprint density at radius 1 is 1.22 bits per heavy atom. The predicted molar refractivity (Wildman–Crippen MR) is 75.0 cm³/mol. The minimum atomic E-state index is 0.166. The minimum absolute atomic E-state index is 0.166. The van der Waals surface area contributed by atoms with E-state index in [1.165, 1.54) is 5.56 Å². The first-order valence-electron chi connectivity index (χ1n) is 6.24. The zero-order chi connectivity index (χ0) is 13.0. The van der Waals surface area contributed by atoms with Gasteiger partial charge in [-0.3, -0.25) is 0 Å². The molecule has 0 aliphatic rings. The lowest BCUT2D eigenvalue weighted by Crippen LogP contribution is -2.22. The third-order valence-electron chi connectivity index (χ3n) is 2.89. The van der Waals surface area contributed by atoms with E-state index in [-0.39, 0.29) is 6.04 Å². The van der Waals surface area contributed by atoms with Crippen molar-refractivity contribution in [1.29, 1.82) is 0 Å². The van der Waals surface area contributed by atoms with Gasteiger partial charge in [0.2, 0.25) is 0 Å². The van der Waals surface area contributed by atoms with Gasteiger partial charge in [-0.15, -0.1) is 0 Å². The van der Waals surface area contributed by atoms with Crippen molar-refractivity contribution in [3.63, 3.8) is 0 Å². The number of aryl methyl sites for hydroxylation is 1. The van der Waals surface area contributed by atoms with Crippen LogP contribution in [0.15, 0.2) is 41.0 Å². The second-order valence-corrected chi connectivity index (χ2v) is 4.87. The van der Waals surface area contributed by atoms with Gasteiger partial charge in [0.1, 0.15) is 5.76 Å². The van der Waals surface area contributed by atoms with Crippen LogP contribution in [0.5, 0.6) is 0 Å². The Bertz CT molecular complexity index is 489. The fraction of sp³-hybridized carbons (Fsp3) is 0.333. The van der Waals surface area contributed by atoms with Gasteiger partial charge < -0.3 is 9.73 Å². The molecule has 0 saturated heterocycles. The van der Waals surface area contributed by atoms with E-state index in [1.807, 2.05) is 25.3 Å². The summed E-state index contributed by atoms with van der Waals surface area (Å²) < 4.78 is 5.40. The van der Waals surface area contributed by atoms with E-state index in [4.69, 9.17) is 16.0 Å². The Kier molecular flexibility index (Phi) is 4.45. The number of hydrogen-bond acceptors (Lipinski definition) is 2. The topological polar surface area (TPSA) is 25.2 Å². The molecule has 0 aliphatic carbocycles. The van der Waals surface area contributed by atoms with Crippen LogP contribution in [0, 0.1) is 6.92 Å². The Morgan fingerprint density at radius 3 is 2.50 bits per heavy atom. The monoisotopic (exact) mass is 263 g/mol. The molecule has 0 bridgehead atoms. The number of rotatable bonds is 5. The van der Waals surface area contributed by atoms with Crippen LogP contribution in [0.25, 0.3) is 0 Å². The van der Waals surface area contributed by atoms with Crippen molar-refractivity contribution in [2.75, 3.05) is 6.54 Å². The highest BCUT2D eigenvalue weighted by molar-refractivity contribution is 6.30. The number of furan rings is 1. The predicted octanol–water partition coefficient (Wildman–Crippen LogP) is 4.33. The molecule has 1 N–H and O–H groups in total. The van der Waals surface area contributed by atoms with E-state index in [9.17, 15) is 0 Å². The van der Waals surface area contributed by atoms with Gasteiger partial charge >= 0.3 is 0 Å². The van der Waals surface area contributed by atoms with Gasteiger partial charge in [-0.1, -0.05) is 30.7 Å². The maximum absolute atomic E-state index is 5.93. The van der Waals surface area contributed by atoms with E-state index >= 15 is 0 Å². The van der Waals surface area contributed by atoms with Gasteiger partial charge in [-0.25, -0.2) is 0 Å². The smallest absolute Gasteiger partial charge is 0.101 e. The second-order valence-electron chi connectivity index (χ2n) is 4.43. The van der Waals surface area contributed by atoms with E-state index in [0.29, 0.717) is 0 Å². The van der Waals surface area contributed by atoms with Crippen LogP contribution in [0.2, 0.25) is 5.02 Å². The molecule has 18 heavy (non-hydrogen) atoms. The summed E-state index contributed by atoms with van der Waals surface area (Å²) in [5.41, 5.74) is 2.36. The molecule has 0 aliphatic heterocycles. The molecule has 0 fully saturated rings. The summed E-state index contributed by atoms with van der Waals surface area (Å²) in [5, 5.41) is 4.29. The van der Waals surface area contributed by atoms with Crippen molar-refractivity contribution in [2.45, 2.75) is 26.3 Å². The molecule has 2 rings (SSSR count). The summed E-state index contributed by atoms with van der Waals surface area (Å²) in [6, 6.07) is 10.2. The lowest BCUT2D eigenvalue weighted by atomic mass is 10.0. The average molecular weight is 264 g/mol. The first-order chi connectivity index (χ1) is 8.70. The molecule has 1 unspecified atom stereocenters. The Balaban J connectivity index is 2.27. The zero-order valence-corrected chi connectivity index (χ0v) is 11.5. The van der Waals surface area contributed by atoms with Crippen LogP contribution in [0.4, 0.5) is 0 Å². The van der Waals surface area contributed by atoms with Crippen LogP contribution in [0.1, 0.15) is 36.3 Å². The molecule has 96 valence electrons. The van der Waals surface area contributed by atoms with Crippen LogP contribution < -0.4 is 5.32 Å². The third kappa shape index (κ3) is 3.15. The fourth-order valence-electron chi connectivity index (χ4n) is 1.99. The molecule has 0 spiro atoms. The van der Waals surface area contributed by atoms with Gasteiger partial charge in [0.25, 0.3) is 0 Å². The SMILES string of the molecule is CCCNC(c1ccc(Cl)cc1)c1coc(C)c1. The van der Waals surface area contributed by atoms with Gasteiger partial charge in [-0.2, -0.15) is 0 Å². The average Bonchev–Trinajstić information content (AvgIpc) is 2.78. The van der Waals surface area contributed by atoms with Crippen LogP contribution in [-0.4, -0.2) is 6.54 Å². The quantitative estimate of drug-likeness (QED) is 0.869. The van der Waals surface area contributed by atoms with E-state index in [0.717, 1.165) is 29.3 Å². The molecule has 1 heterocycles. The molecule has 3 heteroatoms. The standard InChI is InChI=1S/C15H18ClNO/c1-3-8-17-15(13-9-11(2)18-10-13)12-4-6-14(16)7-5-12/h4-7,9-10,15,17H,3,8H2,1-2H3. The summed E-state index contributed by atoms with van der Waals surface area (Å²) in [4.78, 5) is 0. The molecule has 1 aromatic carbocycles. The molecular formula is C15H18ClNO. The molecule has 1 atom stereocenters. The van der Waals surface area contributed by atoms with E-state index < -0.39 is 0 Å². The summed E-state index contributed by atoms with van der Waals surface area (Å²) in [5.74, 6) is 0.933. The third-order valence-corrected chi connectivity index (χ3v) is 3.14. The number of benzene rings is 1. The van der Waals surface area contributed by atoms with Crippen molar-refractivity contribution in [3.05, 3.63) is 58.5 Å². The van der Waals surface area contributed by atoms with Crippen molar-refractivity contribution >= 4 is 11.6 Å². The Hall–Kier alpha value is -1.25. The lowest BCUT2D eigenvalue weighted by molar-refractivity contribution is 0.524. The lowest BCUT2D eigenvalue weighted by Gasteiger charge is -2.17. The molecule has 2 aromatic rings. The van der Waals surface area contributed by atoms with Gasteiger partial charge in [0.15, 0.2) is 0 Å². The van der Waals surface area contributed by atoms with Crippen molar-refractivity contribution in [2.24, 2.45) is 0 Å². The molecule has 2 nitrogen and oxygen atoms in total. The fourth-order valence-corrected chi connectivity index (χ4v) is 2.11. The van der Waals surface area contributed by atoms with Gasteiger partial charge in [-0.05, 0) is 43.7 Å². The highest BCUT2D eigenvalue weighted by atomic mass is 35.5. The molecule has 0 radical (unpaired) electrons. The normalized spacial score (nSPS) is 12.6. The van der Waals surface area contributed by atoms with Crippen LogP contribution in [0.3, 0.4) is 0 Å². The summed E-state index contributed by atoms with van der Waals surface area (Å²) in [6.45, 7) is 5.09. The molecule has 0 saturated carbocycles. The second kappa shape index (κ2) is 6.07. The number of halogens is 1. The van der Waals surface area contributed by atoms with Crippen LogP contribution >= 0.6 is 11.6 Å². The number of nitrogens with one attached hydrogen (secondary N) is 1. The molecule has 0 amide bonds.